The van der Waals surface area contributed by atoms with Gasteiger partial charge in [0.05, 0.1) is 22.8 Å². The normalized spacial score (nSPS) is 12.1. The molecule has 6 heteroatoms. The molecule has 0 fully saturated rings. The molecular formula is C13H18BrClN2O2. The average Bonchev–Trinajstić information content (AvgIpc) is 2.33. The van der Waals surface area contributed by atoms with Gasteiger partial charge in [-0.2, -0.15) is 0 Å². The molecule has 1 rings (SSSR count). The number of nitrogens with one attached hydrogen (secondary N) is 1. The maximum absolute atomic E-state index is 11.9. The molecule has 0 aromatic heterocycles. The number of anilines is 1. The lowest BCUT2D eigenvalue weighted by Gasteiger charge is -2.16. The Morgan fingerprint density at radius 3 is 2.79 bits per heavy atom. The SMILES string of the molecule is CCCC(N)C(=O)Nc1cc(Cl)cc(Br)c1OCC. The van der Waals surface area contributed by atoms with Crippen molar-refractivity contribution in [3.05, 3.63) is 21.6 Å². The number of hydrogen-bond donors (Lipinski definition) is 2. The number of benzene rings is 1. The van der Waals surface area contributed by atoms with Crippen molar-refractivity contribution in [2.75, 3.05) is 11.9 Å². The van der Waals surface area contributed by atoms with Gasteiger partial charge in [0, 0.05) is 5.02 Å². The molecule has 0 aliphatic rings. The lowest BCUT2D eigenvalue weighted by Crippen LogP contribution is -2.35. The summed E-state index contributed by atoms with van der Waals surface area (Å²) in [6.45, 7) is 4.34. The minimum absolute atomic E-state index is 0.239. The summed E-state index contributed by atoms with van der Waals surface area (Å²) in [4.78, 5) is 11.9. The van der Waals surface area contributed by atoms with Gasteiger partial charge in [0.15, 0.2) is 5.75 Å². The summed E-state index contributed by atoms with van der Waals surface area (Å²) in [6, 6.07) is 2.83. The van der Waals surface area contributed by atoms with Gasteiger partial charge in [-0.3, -0.25) is 4.79 Å². The Hall–Kier alpha value is -0.780. The van der Waals surface area contributed by atoms with Crippen molar-refractivity contribution in [2.45, 2.75) is 32.7 Å². The van der Waals surface area contributed by atoms with Crippen LogP contribution in [-0.4, -0.2) is 18.6 Å². The molecule has 0 aliphatic carbocycles. The van der Waals surface area contributed by atoms with Gasteiger partial charge in [-0.05, 0) is 41.4 Å². The molecule has 4 nitrogen and oxygen atoms in total. The predicted octanol–water partition coefficient (Wildman–Crippen LogP) is 3.57. The summed E-state index contributed by atoms with van der Waals surface area (Å²) in [5.74, 6) is 0.320. The predicted molar refractivity (Wildman–Crippen MR) is 81.8 cm³/mol. The van der Waals surface area contributed by atoms with Crippen molar-refractivity contribution in [1.82, 2.24) is 0 Å². The van der Waals surface area contributed by atoms with Crippen LogP contribution in [-0.2, 0) is 4.79 Å². The minimum Gasteiger partial charge on any atom is -0.491 e. The molecule has 0 heterocycles. The van der Waals surface area contributed by atoms with E-state index in [0.717, 1.165) is 6.42 Å². The van der Waals surface area contributed by atoms with Crippen LogP contribution in [0.5, 0.6) is 5.75 Å². The zero-order chi connectivity index (χ0) is 14.4. The first kappa shape index (κ1) is 16.3. The second-order valence-electron chi connectivity index (χ2n) is 4.08. The third kappa shape index (κ3) is 4.67. The van der Waals surface area contributed by atoms with Gasteiger partial charge in [0.25, 0.3) is 0 Å². The molecule has 3 N–H and O–H groups in total. The molecule has 0 spiro atoms. The van der Waals surface area contributed by atoms with Crippen LogP contribution in [0, 0.1) is 0 Å². The fourth-order valence-corrected chi connectivity index (χ4v) is 2.54. The molecule has 1 aromatic rings. The maximum atomic E-state index is 11.9. The summed E-state index contributed by atoms with van der Waals surface area (Å²) >= 11 is 9.34. The first-order chi connectivity index (χ1) is 8.99. The molecule has 1 aromatic carbocycles. The van der Waals surface area contributed by atoms with E-state index >= 15 is 0 Å². The van der Waals surface area contributed by atoms with Crippen LogP contribution >= 0.6 is 27.5 Å². The molecule has 106 valence electrons. The second kappa shape index (κ2) is 7.72. The lowest BCUT2D eigenvalue weighted by atomic mass is 10.1. The molecule has 19 heavy (non-hydrogen) atoms. The van der Waals surface area contributed by atoms with Crippen molar-refractivity contribution >= 4 is 39.1 Å². The highest BCUT2D eigenvalue weighted by molar-refractivity contribution is 9.10. The van der Waals surface area contributed by atoms with Crippen LogP contribution in [0.25, 0.3) is 0 Å². The summed E-state index contributed by atoms with van der Waals surface area (Å²) < 4.78 is 6.20. The monoisotopic (exact) mass is 348 g/mol. The van der Waals surface area contributed by atoms with E-state index in [1.165, 1.54) is 0 Å². The van der Waals surface area contributed by atoms with E-state index in [0.29, 0.717) is 34.0 Å². The van der Waals surface area contributed by atoms with Crippen molar-refractivity contribution in [3.63, 3.8) is 0 Å². The zero-order valence-electron chi connectivity index (χ0n) is 11.0. The first-order valence-electron chi connectivity index (χ1n) is 6.17. The second-order valence-corrected chi connectivity index (χ2v) is 5.37. The Balaban J connectivity index is 2.95. The number of ether oxygens (including phenoxy) is 1. The molecule has 0 bridgehead atoms. The van der Waals surface area contributed by atoms with E-state index in [2.05, 4.69) is 21.2 Å². The minimum atomic E-state index is -0.530. The van der Waals surface area contributed by atoms with Gasteiger partial charge in [0.1, 0.15) is 0 Å². The van der Waals surface area contributed by atoms with Gasteiger partial charge in [-0.15, -0.1) is 0 Å². The van der Waals surface area contributed by atoms with E-state index in [9.17, 15) is 4.79 Å². The highest BCUT2D eigenvalue weighted by Gasteiger charge is 2.17. The van der Waals surface area contributed by atoms with E-state index in [1.807, 2.05) is 13.8 Å². The van der Waals surface area contributed by atoms with Crippen molar-refractivity contribution in [1.29, 1.82) is 0 Å². The van der Waals surface area contributed by atoms with E-state index < -0.39 is 6.04 Å². The Kier molecular flexibility index (Phi) is 6.62. The van der Waals surface area contributed by atoms with Crippen molar-refractivity contribution in [2.24, 2.45) is 5.73 Å². The van der Waals surface area contributed by atoms with E-state index in [1.54, 1.807) is 12.1 Å². The third-order valence-corrected chi connectivity index (χ3v) is 3.30. The standard InChI is InChI=1S/C13H18BrClN2O2/c1-3-5-10(16)13(18)17-11-7-8(15)6-9(14)12(11)19-4-2/h6-7,10H,3-5,16H2,1-2H3,(H,17,18). The smallest absolute Gasteiger partial charge is 0.241 e. The van der Waals surface area contributed by atoms with Crippen LogP contribution < -0.4 is 15.8 Å². The third-order valence-electron chi connectivity index (χ3n) is 2.49. The zero-order valence-corrected chi connectivity index (χ0v) is 13.3. The molecule has 1 unspecified atom stereocenters. The fraction of sp³-hybridized carbons (Fsp3) is 0.462. The van der Waals surface area contributed by atoms with Crippen molar-refractivity contribution < 1.29 is 9.53 Å². The van der Waals surface area contributed by atoms with Gasteiger partial charge in [-0.1, -0.05) is 24.9 Å². The Morgan fingerprint density at radius 2 is 2.21 bits per heavy atom. The summed E-state index contributed by atoms with van der Waals surface area (Å²) in [5.41, 5.74) is 6.30. The highest BCUT2D eigenvalue weighted by Crippen LogP contribution is 2.36. The van der Waals surface area contributed by atoms with E-state index in [-0.39, 0.29) is 5.91 Å². The van der Waals surface area contributed by atoms with Gasteiger partial charge >= 0.3 is 0 Å². The Bertz CT molecular complexity index is 455. The molecule has 0 saturated heterocycles. The van der Waals surface area contributed by atoms with Crippen LogP contribution in [0.1, 0.15) is 26.7 Å². The highest BCUT2D eigenvalue weighted by atomic mass is 79.9. The molecule has 0 saturated carbocycles. The Labute approximate surface area is 126 Å². The number of halogens is 2. The summed E-state index contributed by atoms with van der Waals surface area (Å²) in [5, 5.41) is 3.27. The van der Waals surface area contributed by atoms with Crippen molar-refractivity contribution in [3.8, 4) is 5.75 Å². The van der Waals surface area contributed by atoms with E-state index in [4.69, 9.17) is 22.1 Å². The van der Waals surface area contributed by atoms with Crippen LogP contribution in [0.2, 0.25) is 5.02 Å². The largest absolute Gasteiger partial charge is 0.491 e. The number of carbonyl (C=O) groups excluding carboxylic acids is 1. The van der Waals surface area contributed by atoms with Crippen LogP contribution in [0.3, 0.4) is 0 Å². The number of amides is 1. The molecule has 0 radical (unpaired) electrons. The number of carbonyl (C=O) groups is 1. The molecule has 0 aliphatic heterocycles. The number of rotatable bonds is 6. The molecule has 1 amide bonds. The number of hydrogen-bond acceptors (Lipinski definition) is 3. The van der Waals surface area contributed by atoms with Crippen LogP contribution in [0.15, 0.2) is 16.6 Å². The Morgan fingerprint density at radius 1 is 1.53 bits per heavy atom. The van der Waals surface area contributed by atoms with Gasteiger partial charge < -0.3 is 15.8 Å². The number of nitrogens with two attached hydrogens (primary N) is 1. The summed E-state index contributed by atoms with van der Waals surface area (Å²) in [7, 11) is 0. The molecule has 1 atom stereocenters. The quantitative estimate of drug-likeness (QED) is 0.825. The fourth-order valence-electron chi connectivity index (χ4n) is 1.61. The summed E-state index contributed by atoms with van der Waals surface area (Å²) in [6.07, 6.45) is 1.49. The topological polar surface area (TPSA) is 64.4 Å². The van der Waals surface area contributed by atoms with Gasteiger partial charge in [-0.25, -0.2) is 0 Å². The van der Waals surface area contributed by atoms with Crippen LogP contribution in [0.4, 0.5) is 5.69 Å². The first-order valence-corrected chi connectivity index (χ1v) is 7.35. The van der Waals surface area contributed by atoms with Gasteiger partial charge in [0.2, 0.25) is 5.91 Å². The maximum Gasteiger partial charge on any atom is 0.241 e. The lowest BCUT2D eigenvalue weighted by molar-refractivity contribution is -0.117. The average molecular weight is 350 g/mol. The molecular weight excluding hydrogens is 332 g/mol.